The first-order valence-electron chi connectivity index (χ1n) is 6.81. The largest absolute Gasteiger partial charge is 0.478 e. The Hall–Kier alpha value is -3.36. The number of nitrogens with one attached hydrogen (secondary N) is 1. The number of carboxylic acid groups (broad SMARTS) is 1. The Balaban J connectivity index is 2.72. The summed E-state index contributed by atoms with van der Waals surface area (Å²) in [6.07, 6.45) is 0. The normalized spacial score (nSPS) is 17.3. The predicted molar refractivity (Wildman–Crippen MR) is 82.5 cm³/mol. The standard InChI is InChI=1S/C15H15N3O6/c1-7-10(15(21)24-2)11(12(14(19)20)13(16)17-7)8-4-3-5-9(6-8)18(22)23/h3-6,11,17H,16H2,1-2H3,(H,19,20). The van der Waals surface area contributed by atoms with Crippen LogP contribution in [-0.4, -0.2) is 29.1 Å². The van der Waals surface area contributed by atoms with Crippen LogP contribution in [0.4, 0.5) is 5.69 Å². The number of methoxy groups -OCH3 is 1. The number of hydrogen-bond acceptors (Lipinski definition) is 7. The van der Waals surface area contributed by atoms with Crippen molar-refractivity contribution < 1.29 is 24.4 Å². The summed E-state index contributed by atoms with van der Waals surface area (Å²) >= 11 is 0. The van der Waals surface area contributed by atoms with E-state index in [0.717, 1.165) is 7.11 Å². The summed E-state index contributed by atoms with van der Waals surface area (Å²) in [7, 11) is 1.16. The molecule has 9 nitrogen and oxygen atoms in total. The third-order valence-electron chi connectivity index (χ3n) is 3.64. The third kappa shape index (κ3) is 2.91. The first-order valence-corrected chi connectivity index (χ1v) is 6.81. The molecule has 0 saturated carbocycles. The van der Waals surface area contributed by atoms with Gasteiger partial charge in [-0.05, 0) is 12.5 Å². The van der Waals surface area contributed by atoms with Gasteiger partial charge < -0.3 is 20.9 Å². The fourth-order valence-corrected chi connectivity index (χ4v) is 2.62. The predicted octanol–water partition coefficient (Wildman–Crippen LogP) is 0.983. The molecule has 0 saturated heterocycles. The van der Waals surface area contributed by atoms with Crippen molar-refractivity contribution in [2.75, 3.05) is 7.11 Å². The Morgan fingerprint density at radius 2 is 2.04 bits per heavy atom. The molecule has 0 fully saturated rings. The lowest BCUT2D eigenvalue weighted by molar-refractivity contribution is -0.384. The van der Waals surface area contributed by atoms with Gasteiger partial charge in [0, 0.05) is 17.8 Å². The Morgan fingerprint density at radius 3 is 2.58 bits per heavy atom. The molecule has 0 radical (unpaired) electrons. The number of hydrogen-bond donors (Lipinski definition) is 3. The van der Waals surface area contributed by atoms with Gasteiger partial charge in [0.2, 0.25) is 0 Å². The lowest BCUT2D eigenvalue weighted by Gasteiger charge is -2.28. The molecule has 4 N–H and O–H groups in total. The monoisotopic (exact) mass is 333 g/mol. The number of benzene rings is 1. The van der Waals surface area contributed by atoms with E-state index in [0.29, 0.717) is 5.70 Å². The van der Waals surface area contributed by atoms with Gasteiger partial charge in [-0.1, -0.05) is 12.1 Å². The Kier molecular flexibility index (Phi) is 4.54. The third-order valence-corrected chi connectivity index (χ3v) is 3.64. The highest BCUT2D eigenvalue weighted by atomic mass is 16.6. The van der Waals surface area contributed by atoms with E-state index in [4.69, 9.17) is 10.5 Å². The first-order chi connectivity index (χ1) is 11.3. The van der Waals surface area contributed by atoms with E-state index in [2.05, 4.69) is 5.32 Å². The summed E-state index contributed by atoms with van der Waals surface area (Å²) in [5.74, 6) is -3.31. The van der Waals surface area contributed by atoms with Crippen molar-refractivity contribution in [3.63, 3.8) is 0 Å². The van der Waals surface area contributed by atoms with Gasteiger partial charge in [0.05, 0.1) is 29.1 Å². The molecule has 126 valence electrons. The van der Waals surface area contributed by atoms with E-state index in [-0.39, 0.29) is 28.2 Å². The minimum absolute atomic E-state index is 0.0320. The topological polar surface area (TPSA) is 145 Å². The van der Waals surface area contributed by atoms with Crippen molar-refractivity contribution in [2.24, 2.45) is 5.73 Å². The maximum atomic E-state index is 12.1. The number of carbonyl (C=O) groups is 2. The van der Waals surface area contributed by atoms with Gasteiger partial charge in [0.1, 0.15) is 5.82 Å². The van der Waals surface area contributed by atoms with Crippen LogP contribution in [0.2, 0.25) is 0 Å². The highest BCUT2D eigenvalue weighted by molar-refractivity contribution is 5.99. The number of allylic oxidation sites excluding steroid dienone is 1. The maximum absolute atomic E-state index is 12.1. The number of carbonyl (C=O) groups excluding carboxylic acids is 1. The van der Waals surface area contributed by atoms with Gasteiger partial charge in [0.15, 0.2) is 0 Å². The van der Waals surface area contributed by atoms with Crippen LogP contribution in [0.5, 0.6) is 0 Å². The van der Waals surface area contributed by atoms with E-state index in [9.17, 15) is 24.8 Å². The van der Waals surface area contributed by atoms with Crippen LogP contribution in [0.1, 0.15) is 18.4 Å². The van der Waals surface area contributed by atoms with Crippen molar-refractivity contribution in [1.29, 1.82) is 0 Å². The first kappa shape index (κ1) is 17.0. The summed E-state index contributed by atoms with van der Waals surface area (Å²) in [5, 5.41) is 23.1. The fourth-order valence-electron chi connectivity index (χ4n) is 2.62. The van der Waals surface area contributed by atoms with E-state index in [1.54, 1.807) is 6.92 Å². The van der Waals surface area contributed by atoms with Crippen molar-refractivity contribution in [3.8, 4) is 0 Å². The Bertz CT molecular complexity index is 796. The summed E-state index contributed by atoms with van der Waals surface area (Å²) in [6, 6.07) is 5.39. The molecule has 24 heavy (non-hydrogen) atoms. The van der Waals surface area contributed by atoms with Gasteiger partial charge in [0.25, 0.3) is 5.69 Å². The Labute approximate surface area is 136 Å². The number of nitro groups is 1. The number of aliphatic carboxylic acids is 1. The zero-order chi connectivity index (χ0) is 18.0. The molecule has 0 aliphatic carbocycles. The Morgan fingerprint density at radius 1 is 1.38 bits per heavy atom. The molecule has 1 aromatic rings. The zero-order valence-corrected chi connectivity index (χ0v) is 12.9. The lowest BCUT2D eigenvalue weighted by Crippen LogP contribution is -2.35. The second-order valence-corrected chi connectivity index (χ2v) is 5.07. The van der Waals surface area contributed by atoms with Crippen molar-refractivity contribution in [3.05, 3.63) is 62.6 Å². The van der Waals surface area contributed by atoms with Crippen LogP contribution in [0.15, 0.2) is 46.9 Å². The molecule has 1 aliphatic heterocycles. The number of nitrogens with zero attached hydrogens (tertiary/aromatic N) is 1. The molecule has 0 bridgehead atoms. The number of dihydropyridines is 1. The van der Waals surface area contributed by atoms with E-state index in [1.807, 2.05) is 0 Å². The van der Waals surface area contributed by atoms with Gasteiger partial charge in [-0.3, -0.25) is 10.1 Å². The van der Waals surface area contributed by atoms with Gasteiger partial charge >= 0.3 is 11.9 Å². The number of rotatable bonds is 4. The highest BCUT2D eigenvalue weighted by Gasteiger charge is 2.38. The molecule has 9 heteroatoms. The van der Waals surface area contributed by atoms with Crippen LogP contribution in [0, 0.1) is 10.1 Å². The molecule has 1 aliphatic rings. The number of nitrogens with two attached hydrogens (primary N) is 1. The van der Waals surface area contributed by atoms with Crippen molar-refractivity contribution >= 4 is 17.6 Å². The SMILES string of the molecule is COC(=O)C1=C(C)NC(N)=C(C(=O)O)C1c1cccc([N+](=O)[O-])c1. The molecular formula is C15H15N3O6. The minimum Gasteiger partial charge on any atom is -0.478 e. The average Bonchev–Trinajstić information content (AvgIpc) is 2.53. The minimum atomic E-state index is -1.34. The summed E-state index contributed by atoms with van der Waals surface area (Å²) in [5.41, 5.74) is 5.87. The molecule has 2 rings (SSSR count). The van der Waals surface area contributed by atoms with Crippen molar-refractivity contribution in [2.45, 2.75) is 12.8 Å². The number of ether oxygens (including phenoxy) is 1. The van der Waals surface area contributed by atoms with Gasteiger partial charge in [-0.2, -0.15) is 0 Å². The average molecular weight is 333 g/mol. The summed E-state index contributed by atoms with van der Waals surface area (Å²) < 4.78 is 4.73. The van der Waals surface area contributed by atoms with Gasteiger partial charge in [-0.15, -0.1) is 0 Å². The molecule has 0 amide bonds. The molecule has 1 unspecified atom stereocenters. The number of esters is 1. The molecular weight excluding hydrogens is 318 g/mol. The number of nitro benzene ring substituents is 1. The molecule has 1 aromatic carbocycles. The van der Waals surface area contributed by atoms with Crippen LogP contribution in [0.25, 0.3) is 0 Å². The van der Waals surface area contributed by atoms with Crippen LogP contribution in [-0.2, 0) is 14.3 Å². The second-order valence-electron chi connectivity index (χ2n) is 5.07. The quantitative estimate of drug-likeness (QED) is 0.420. The zero-order valence-electron chi connectivity index (χ0n) is 12.9. The van der Waals surface area contributed by atoms with Gasteiger partial charge in [-0.25, -0.2) is 9.59 Å². The molecule has 1 atom stereocenters. The van der Waals surface area contributed by atoms with Crippen LogP contribution >= 0.6 is 0 Å². The van der Waals surface area contributed by atoms with Crippen molar-refractivity contribution in [1.82, 2.24) is 5.32 Å². The smallest absolute Gasteiger partial charge is 0.336 e. The summed E-state index contributed by atoms with van der Waals surface area (Å²) in [6.45, 7) is 1.54. The molecule has 0 aromatic heterocycles. The maximum Gasteiger partial charge on any atom is 0.336 e. The number of non-ortho nitro benzene ring substituents is 1. The van der Waals surface area contributed by atoms with E-state index < -0.39 is 22.8 Å². The van der Waals surface area contributed by atoms with Crippen LogP contribution < -0.4 is 11.1 Å². The molecule has 1 heterocycles. The molecule has 0 spiro atoms. The second kappa shape index (κ2) is 6.41. The van der Waals surface area contributed by atoms with E-state index in [1.165, 1.54) is 24.3 Å². The lowest BCUT2D eigenvalue weighted by atomic mass is 9.81. The number of carboxylic acids is 1. The highest BCUT2D eigenvalue weighted by Crippen LogP contribution is 2.38. The summed E-state index contributed by atoms with van der Waals surface area (Å²) in [4.78, 5) is 34.2. The fraction of sp³-hybridized carbons (Fsp3) is 0.200. The van der Waals surface area contributed by atoms with Crippen LogP contribution in [0.3, 0.4) is 0 Å². The van der Waals surface area contributed by atoms with E-state index >= 15 is 0 Å².